The molecule has 2 amide bonds. The fourth-order valence-corrected chi connectivity index (χ4v) is 2.08. The predicted octanol–water partition coefficient (Wildman–Crippen LogP) is 0.509. The molecule has 1 rings (SSSR count). The molecule has 0 aliphatic carbocycles. The van der Waals surface area contributed by atoms with E-state index in [0.717, 1.165) is 6.42 Å². The lowest BCUT2D eigenvalue weighted by Crippen LogP contribution is -2.49. The maximum atomic E-state index is 11.8. The van der Waals surface area contributed by atoms with Gasteiger partial charge in [-0.1, -0.05) is 20.8 Å². The van der Waals surface area contributed by atoms with Gasteiger partial charge in [-0.15, -0.1) is 0 Å². The first-order valence-electron chi connectivity index (χ1n) is 6.14. The lowest BCUT2D eigenvalue weighted by Gasteiger charge is -2.27. The first-order chi connectivity index (χ1) is 8.25. The summed E-state index contributed by atoms with van der Waals surface area (Å²) in [7, 11) is 0. The third-order valence-electron chi connectivity index (χ3n) is 3.48. The largest absolute Gasteiger partial charge is 0.480 e. The number of aliphatic carboxylic acids is 1. The number of rotatable bonds is 3. The van der Waals surface area contributed by atoms with Crippen molar-refractivity contribution in [3.05, 3.63) is 0 Å². The third kappa shape index (κ3) is 3.60. The number of aliphatic hydroxyl groups is 1. The zero-order valence-corrected chi connectivity index (χ0v) is 11.1. The first kappa shape index (κ1) is 14.8. The SMILES string of the molecule is CC(C)(C)C1CCN(C(=O)NC(CO)C(=O)O)C1. The Morgan fingerprint density at radius 1 is 1.44 bits per heavy atom. The minimum atomic E-state index is -1.23. The molecular formula is C12H22N2O4. The van der Waals surface area contributed by atoms with Gasteiger partial charge in [0.1, 0.15) is 0 Å². The summed E-state index contributed by atoms with van der Waals surface area (Å²) in [4.78, 5) is 24.2. The Morgan fingerprint density at radius 3 is 2.44 bits per heavy atom. The number of nitrogens with one attached hydrogen (secondary N) is 1. The van der Waals surface area contributed by atoms with Crippen molar-refractivity contribution in [1.29, 1.82) is 0 Å². The van der Waals surface area contributed by atoms with Crippen LogP contribution in [0.4, 0.5) is 4.79 Å². The molecule has 0 saturated carbocycles. The van der Waals surface area contributed by atoms with Crippen LogP contribution >= 0.6 is 0 Å². The van der Waals surface area contributed by atoms with Gasteiger partial charge < -0.3 is 20.4 Å². The number of likely N-dealkylation sites (tertiary alicyclic amines) is 1. The summed E-state index contributed by atoms with van der Waals surface area (Å²) in [5, 5.41) is 19.9. The van der Waals surface area contributed by atoms with Crippen LogP contribution < -0.4 is 5.32 Å². The summed E-state index contributed by atoms with van der Waals surface area (Å²) in [5.74, 6) is -0.807. The minimum Gasteiger partial charge on any atom is -0.480 e. The number of nitrogens with zero attached hydrogens (tertiary/aromatic N) is 1. The van der Waals surface area contributed by atoms with Gasteiger partial charge in [-0.3, -0.25) is 0 Å². The molecule has 0 aromatic carbocycles. The van der Waals surface area contributed by atoms with E-state index >= 15 is 0 Å². The predicted molar refractivity (Wildman–Crippen MR) is 66.2 cm³/mol. The van der Waals surface area contributed by atoms with Crippen molar-refractivity contribution in [1.82, 2.24) is 10.2 Å². The molecule has 2 atom stereocenters. The van der Waals surface area contributed by atoms with Gasteiger partial charge in [-0.25, -0.2) is 9.59 Å². The number of carbonyl (C=O) groups is 2. The number of carboxylic acids is 1. The summed E-state index contributed by atoms with van der Waals surface area (Å²) in [6, 6.07) is -1.64. The quantitative estimate of drug-likeness (QED) is 0.688. The zero-order chi connectivity index (χ0) is 13.9. The number of carboxylic acid groups (broad SMARTS) is 1. The van der Waals surface area contributed by atoms with E-state index in [1.54, 1.807) is 4.90 Å². The van der Waals surface area contributed by atoms with Crippen molar-refractivity contribution in [3.63, 3.8) is 0 Å². The second-order valence-electron chi connectivity index (χ2n) is 5.82. The van der Waals surface area contributed by atoms with Crippen molar-refractivity contribution in [2.24, 2.45) is 11.3 Å². The van der Waals surface area contributed by atoms with E-state index in [1.807, 2.05) is 0 Å². The van der Waals surface area contributed by atoms with Gasteiger partial charge in [0, 0.05) is 13.1 Å². The fourth-order valence-electron chi connectivity index (χ4n) is 2.08. The maximum Gasteiger partial charge on any atom is 0.328 e. The zero-order valence-electron chi connectivity index (χ0n) is 11.1. The van der Waals surface area contributed by atoms with E-state index in [1.165, 1.54) is 0 Å². The van der Waals surface area contributed by atoms with E-state index in [-0.39, 0.29) is 5.41 Å². The summed E-state index contributed by atoms with van der Waals surface area (Å²) >= 11 is 0. The van der Waals surface area contributed by atoms with Crippen molar-refractivity contribution in [2.45, 2.75) is 33.2 Å². The van der Waals surface area contributed by atoms with E-state index in [0.29, 0.717) is 19.0 Å². The van der Waals surface area contributed by atoms with Crippen LogP contribution in [0.15, 0.2) is 0 Å². The molecule has 104 valence electrons. The lowest BCUT2D eigenvalue weighted by atomic mass is 9.80. The Bertz CT molecular complexity index is 325. The van der Waals surface area contributed by atoms with Gasteiger partial charge in [0.05, 0.1) is 6.61 Å². The Hall–Kier alpha value is -1.30. The number of amides is 2. The Balaban J connectivity index is 2.52. The second-order valence-corrected chi connectivity index (χ2v) is 5.82. The van der Waals surface area contributed by atoms with Gasteiger partial charge in [0.15, 0.2) is 6.04 Å². The molecule has 0 radical (unpaired) electrons. The highest BCUT2D eigenvalue weighted by Gasteiger charge is 2.34. The molecule has 0 aromatic heterocycles. The van der Waals surface area contributed by atoms with Crippen molar-refractivity contribution in [3.8, 4) is 0 Å². The highest BCUT2D eigenvalue weighted by atomic mass is 16.4. The monoisotopic (exact) mass is 258 g/mol. The first-order valence-corrected chi connectivity index (χ1v) is 6.14. The number of aliphatic hydroxyl groups excluding tert-OH is 1. The molecule has 2 unspecified atom stereocenters. The minimum absolute atomic E-state index is 0.137. The number of hydrogen-bond acceptors (Lipinski definition) is 3. The number of hydrogen-bond donors (Lipinski definition) is 3. The van der Waals surface area contributed by atoms with Crippen LogP contribution in [0.1, 0.15) is 27.2 Å². The average Bonchev–Trinajstić information content (AvgIpc) is 2.73. The van der Waals surface area contributed by atoms with Crippen molar-refractivity contribution in [2.75, 3.05) is 19.7 Å². The molecule has 0 aromatic rings. The molecule has 1 fully saturated rings. The molecule has 1 heterocycles. The van der Waals surface area contributed by atoms with E-state index in [4.69, 9.17) is 10.2 Å². The van der Waals surface area contributed by atoms with Crippen LogP contribution in [0.25, 0.3) is 0 Å². The van der Waals surface area contributed by atoms with Crippen LogP contribution in [0.5, 0.6) is 0 Å². The summed E-state index contributed by atoms with van der Waals surface area (Å²) < 4.78 is 0. The van der Waals surface area contributed by atoms with Crippen LogP contribution in [-0.4, -0.2) is 52.9 Å². The van der Waals surface area contributed by atoms with Gasteiger partial charge >= 0.3 is 12.0 Å². The lowest BCUT2D eigenvalue weighted by molar-refractivity contribution is -0.140. The van der Waals surface area contributed by atoms with Crippen LogP contribution in [0.3, 0.4) is 0 Å². The van der Waals surface area contributed by atoms with E-state index < -0.39 is 24.6 Å². The molecule has 0 spiro atoms. The van der Waals surface area contributed by atoms with Gasteiger partial charge in [-0.05, 0) is 17.8 Å². The molecule has 1 aliphatic rings. The molecule has 18 heavy (non-hydrogen) atoms. The smallest absolute Gasteiger partial charge is 0.328 e. The highest BCUT2D eigenvalue weighted by molar-refractivity contribution is 5.82. The van der Waals surface area contributed by atoms with Crippen LogP contribution in [0, 0.1) is 11.3 Å². The van der Waals surface area contributed by atoms with Gasteiger partial charge in [-0.2, -0.15) is 0 Å². The van der Waals surface area contributed by atoms with E-state index in [9.17, 15) is 9.59 Å². The van der Waals surface area contributed by atoms with Crippen LogP contribution in [0.2, 0.25) is 0 Å². The Labute approximate surface area is 107 Å². The van der Waals surface area contributed by atoms with E-state index in [2.05, 4.69) is 26.1 Å². The third-order valence-corrected chi connectivity index (χ3v) is 3.48. The normalized spacial score (nSPS) is 21.8. The van der Waals surface area contributed by atoms with Crippen molar-refractivity contribution >= 4 is 12.0 Å². The average molecular weight is 258 g/mol. The molecule has 6 nitrogen and oxygen atoms in total. The Morgan fingerprint density at radius 2 is 2.06 bits per heavy atom. The van der Waals surface area contributed by atoms with Gasteiger partial charge in [0.25, 0.3) is 0 Å². The number of urea groups is 1. The molecule has 1 saturated heterocycles. The standard InChI is InChI=1S/C12H22N2O4/c1-12(2,3)8-4-5-14(6-8)11(18)13-9(7-15)10(16)17/h8-9,15H,4-7H2,1-3H3,(H,13,18)(H,16,17). The molecule has 1 aliphatic heterocycles. The maximum absolute atomic E-state index is 11.8. The van der Waals surface area contributed by atoms with Crippen molar-refractivity contribution < 1.29 is 19.8 Å². The second kappa shape index (κ2) is 5.56. The Kier molecular flexibility index (Phi) is 4.56. The van der Waals surface area contributed by atoms with Crippen LogP contribution in [-0.2, 0) is 4.79 Å². The summed E-state index contributed by atoms with van der Waals surface area (Å²) in [5.41, 5.74) is 0.137. The fraction of sp³-hybridized carbons (Fsp3) is 0.833. The number of carbonyl (C=O) groups excluding carboxylic acids is 1. The summed E-state index contributed by atoms with van der Waals surface area (Å²) in [6.07, 6.45) is 0.924. The molecule has 6 heteroatoms. The molecule has 3 N–H and O–H groups in total. The molecular weight excluding hydrogens is 236 g/mol. The van der Waals surface area contributed by atoms with Gasteiger partial charge in [0.2, 0.25) is 0 Å². The highest BCUT2D eigenvalue weighted by Crippen LogP contribution is 2.33. The molecule has 0 bridgehead atoms. The topological polar surface area (TPSA) is 89.9 Å². The summed E-state index contributed by atoms with van der Waals surface area (Å²) in [6.45, 7) is 7.06.